The standard InChI is InChI=1S/C11H19N3OS/c1-2-14-9-10(8-13-14)7-12-11-3-5-16(15)6-4-11/h8-9,11-12H,2-7H2,1H3. The Morgan fingerprint density at radius 1 is 1.56 bits per heavy atom. The summed E-state index contributed by atoms with van der Waals surface area (Å²) < 4.78 is 13.1. The average molecular weight is 241 g/mol. The summed E-state index contributed by atoms with van der Waals surface area (Å²) in [7, 11) is -0.563. The van der Waals surface area contributed by atoms with E-state index >= 15 is 0 Å². The zero-order chi connectivity index (χ0) is 11.4. The largest absolute Gasteiger partial charge is 0.310 e. The summed E-state index contributed by atoms with van der Waals surface area (Å²) in [4.78, 5) is 0. The van der Waals surface area contributed by atoms with Crippen molar-refractivity contribution in [1.29, 1.82) is 0 Å². The Morgan fingerprint density at radius 3 is 2.94 bits per heavy atom. The zero-order valence-electron chi connectivity index (χ0n) is 9.69. The zero-order valence-corrected chi connectivity index (χ0v) is 10.5. The quantitative estimate of drug-likeness (QED) is 0.852. The molecule has 0 bridgehead atoms. The summed E-state index contributed by atoms with van der Waals surface area (Å²) in [6, 6.07) is 0.530. The van der Waals surface area contributed by atoms with Crippen LogP contribution in [0.4, 0.5) is 0 Å². The Bertz CT molecular complexity index is 354. The number of aryl methyl sites for hydroxylation is 1. The molecular weight excluding hydrogens is 222 g/mol. The topological polar surface area (TPSA) is 46.9 Å². The van der Waals surface area contributed by atoms with Gasteiger partial charge in [0.1, 0.15) is 0 Å². The first-order chi connectivity index (χ1) is 7.78. The molecule has 2 heterocycles. The summed E-state index contributed by atoms with van der Waals surface area (Å²) >= 11 is 0. The first-order valence-electron chi connectivity index (χ1n) is 5.87. The molecule has 0 amide bonds. The van der Waals surface area contributed by atoms with Crippen molar-refractivity contribution in [3.63, 3.8) is 0 Å². The van der Waals surface area contributed by atoms with E-state index in [9.17, 15) is 4.21 Å². The highest BCUT2D eigenvalue weighted by molar-refractivity contribution is 7.85. The molecule has 0 atom stereocenters. The number of hydrogen-bond acceptors (Lipinski definition) is 3. The number of rotatable bonds is 4. The lowest BCUT2D eigenvalue weighted by atomic mass is 10.1. The Kier molecular flexibility index (Phi) is 4.12. The molecule has 0 spiro atoms. The van der Waals surface area contributed by atoms with Crippen LogP contribution in [-0.2, 0) is 23.9 Å². The van der Waals surface area contributed by atoms with Gasteiger partial charge < -0.3 is 5.32 Å². The minimum atomic E-state index is -0.563. The Labute approximate surface area is 98.9 Å². The van der Waals surface area contributed by atoms with E-state index in [1.165, 1.54) is 5.56 Å². The van der Waals surface area contributed by atoms with Gasteiger partial charge in [0, 0.05) is 53.2 Å². The smallest absolute Gasteiger partial charge is 0.0534 e. The predicted octanol–water partition coefficient (Wildman–Crippen LogP) is 0.904. The van der Waals surface area contributed by atoms with Gasteiger partial charge in [-0.3, -0.25) is 8.89 Å². The lowest BCUT2D eigenvalue weighted by Crippen LogP contribution is -2.35. The second-order valence-electron chi connectivity index (χ2n) is 4.21. The van der Waals surface area contributed by atoms with Gasteiger partial charge in [0.2, 0.25) is 0 Å². The van der Waals surface area contributed by atoms with Crippen molar-refractivity contribution in [1.82, 2.24) is 15.1 Å². The molecule has 1 aromatic heterocycles. The second kappa shape index (κ2) is 5.59. The van der Waals surface area contributed by atoms with Crippen LogP contribution in [-0.4, -0.2) is 31.5 Å². The summed E-state index contributed by atoms with van der Waals surface area (Å²) in [6.07, 6.45) is 6.06. The lowest BCUT2D eigenvalue weighted by Gasteiger charge is -2.22. The average Bonchev–Trinajstić information content (AvgIpc) is 2.76. The molecule has 1 aliphatic rings. The van der Waals surface area contributed by atoms with E-state index < -0.39 is 10.8 Å². The van der Waals surface area contributed by atoms with Gasteiger partial charge in [-0.05, 0) is 19.8 Å². The molecular formula is C11H19N3OS. The molecule has 1 N–H and O–H groups in total. The molecule has 1 aromatic rings. The van der Waals surface area contributed by atoms with Crippen LogP contribution in [0, 0.1) is 0 Å². The molecule has 0 radical (unpaired) electrons. The third-order valence-corrected chi connectivity index (χ3v) is 4.38. The molecule has 90 valence electrons. The Hall–Kier alpha value is -0.680. The maximum atomic E-state index is 11.2. The van der Waals surface area contributed by atoms with Gasteiger partial charge >= 0.3 is 0 Å². The molecule has 4 nitrogen and oxygen atoms in total. The van der Waals surface area contributed by atoms with Gasteiger partial charge in [-0.2, -0.15) is 5.10 Å². The minimum Gasteiger partial charge on any atom is -0.310 e. The number of aromatic nitrogens is 2. The van der Waals surface area contributed by atoms with Crippen molar-refractivity contribution < 1.29 is 4.21 Å². The van der Waals surface area contributed by atoms with Gasteiger partial charge in [-0.15, -0.1) is 0 Å². The molecule has 16 heavy (non-hydrogen) atoms. The predicted molar refractivity (Wildman–Crippen MR) is 65.6 cm³/mol. The van der Waals surface area contributed by atoms with Crippen LogP contribution in [0.25, 0.3) is 0 Å². The Morgan fingerprint density at radius 2 is 2.31 bits per heavy atom. The van der Waals surface area contributed by atoms with Crippen molar-refractivity contribution in [2.45, 2.75) is 38.9 Å². The summed E-state index contributed by atoms with van der Waals surface area (Å²) in [5.74, 6) is 1.71. The number of nitrogens with one attached hydrogen (secondary N) is 1. The van der Waals surface area contributed by atoms with E-state index in [-0.39, 0.29) is 0 Å². The fourth-order valence-electron chi connectivity index (χ4n) is 1.93. The molecule has 1 saturated heterocycles. The van der Waals surface area contributed by atoms with E-state index in [1.807, 2.05) is 10.9 Å². The van der Waals surface area contributed by atoms with Crippen LogP contribution >= 0.6 is 0 Å². The Balaban J connectivity index is 1.76. The second-order valence-corrected chi connectivity index (χ2v) is 5.90. The van der Waals surface area contributed by atoms with E-state index in [2.05, 4.69) is 23.5 Å². The lowest BCUT2D eigenvalue weighted by molar-refractivity contribution is 0.475. The first-order valence-corrected chi connectivity index (χ1v) is 7.36. The van der Waals surface area contributed by atoms with Crippen molar-refractivity contribution >= 4 is 10.8 Å². The summed E-state index contributed by atoms with van der Waals surface area (Å²) in [6.45, 7) is 3.88. The normalized spacial score (nSPS) is 25.8. The molecule has 5 heteroatoms. The fourth-order valence-corrected chi connectivity index (χ4v) is 3.23. The van der Waals surface area contributed by atoms with Crippen LogP contribution in [0.2, 0.25) is 0 Å². The first kappa shape index (κ1) is 11.8. The van der Waals surface area contributed by atoms with Gasteiger partial charge in [0.15, 0.2) is 0 Å². The van der Waals surface area contributed by atoms with Crippen molar-refractivity contribution in [2.75, 3.05) is 11.5 Å². The molecule has 1 fully saturated rings. The molecule has 0 unspecified atom stereocenters. The third-order valence-electron chi connectivity index (χ3n) is 2.99. The van der Waals surface area contributed by atoms with Crippen molar-refractivity contribution in [2.24, 2.45) is 0 Å². The number of hydrogen-bond donors (Lipinski definition) is 1. The van der Waals surface area contributed by atoms with Crippen LogP contribution in [0.15, 0.2) is 12.4 Å². The third kappa shape index (κ3) is 3.15. The maximum Gasteiger partial charge on any atom is 0.0534 e. The van der Waals surface area contributed by atoms with Crippen molar-refractivity contribution in [3.8, 4) is 0 Å². The maximum absolute atomic E-state index is 11.2. The highest BCUT2D eigenvalue weighted by Gasteiger charge is 2.17. The molecule has 0 aromatic carbocycles. The van der Waals surface area contributed by atoms with E-state index in [0.29, 0.717) is 6.04 Å². The monoisotopic (exact) mass is 241 g/mol. The summed E-state index contributed by atoms with van der Waals surface area (Å²) in [5, 5.41) is 7.75. The van der Waals surface area contributed by atoms with E-state index in [1.54, 1.807) is 0 Å². The minimum absolute atomic E-state index is 0.530. The van der Waals surface area contributed by atoms with Crippen molar-refractivity contribution in [3.05, 3.63) is 18.0 Å². The highest BCUT2D eigenvalue weighted by Crippen LogP contribution is 2.10. The van der Waals surface area contributed by atoms with Gasteiger partial charge in [0.05, 0.1) is 6.20 Å². The fraction of sp³-hybridized carbons (Fsp3) is 0.727. The van der Waals surface area contributed by atoms with Gasteiger partial charge in [0.25, 0.3) is 0 Å². The van der Waals surface area contributed by atoms with Crippen LogP contribution in [0.3, 0.4) is 0 Å². The van der Waals surface area contributed by atoms with Crippen LogP contribution < -0.4 is 5.32 Å². The van der Waals surface area contributed by atoms with Crippen LogP contribution in [0.1, 0.15) is 25.3 Å². The van der Waals surface area contributed by atoms with E-state index in [0.717, 1.165) is 37.4 Å². The molecule has 0 aliphatic carbocycles. The van der Waals surface area contributed by atoms with Gasteiger partial charge in [-0.1, -0.05) is 0 Å². The number of nitrogens with zero attached hydrogens (tertiary/aromatic N) is 2. The molecule has 0 saturated carbocycles. The SMILES string of the molecule is CCn1cc(CNC2CCS(=O)CC2)cn1. The van der Waals surface area contributed by atoms with Gasteiger partial charge in [-0.25, -0.2) is 0 Å². The van der Waals surface area contributed by atoms with E-state index in [4.69, 9.17) is 0 Å². The molecule has 2 rings (SSSR count). The van der Waals surface area contributed by atoms with Crippen LogP contribution in [0.5, 0.6) is 0 Å². The molecule has 1 aliphatic heterocycles. The highest BCUT2D eigenvalue weighted by atomic mass is 32.2. The summed E-state index contributed by atoms with van der Waals surface area (Å²) in [5.41, 5.74) is 1.23.